The Hall–Kier alpha value is -4.23. The van der Waals surface area contributed by atoms with Gasteiger partial charge in [0.2, 0.25) is 0 Å². The highest BCUT2D eigenvalue weighted by Crippen LogP contribution is 2.26. The first kappa shape index (κ1) is 20.7. The van der Waals surface area contributed by atoms with Crippen molar-refractivity contribution in [3.05, 3.63) is 117 Å². The number of hydrogen-bond acceptors (Lipinski definition) is 4. The van der Waals surface area contributed by atoms with E-state index < -0.39 is 5.91 Å². The van der Waals surface area contributed by atoms with Gasteiger partial charge in [0.15, 0.2) is 4.77 Å². The smallest absolute Gasteiger partial charge is 0.281 e. The largest absolute Gasteiger partial charge is 0.488 e. The van der Waals surface area contributed by atoms with Crippen LogP contribution in [0.15, 0.2) is 95.8 Å². The van der Waals surface area contributed by atoms with Crippen molar-refractivity contribution in [2.75, 3.05) is 5.43 Å². The van der Waals surface area contributed by atoms with Crippen LogP contribution in [-0.4, -0.2) is 15.6 Å². The van der Waals surface area contributed by atoms with Crippen LogP contribution in [0, 0.1) is 4.77 Å². The molecule has 0 aliphatic carbocycles. The molecule has 0 aliphatic rings. The average molecular weight is 454 g/mol. The van der Waals surface area contributed by atoms with E-state index in [-0.39, 0.29) is 10.3 Å². The Balaban J connectivity index is 1.32. The lowest BCUT2D eigenvalue weighted by molar-refractivity contribution is 0.101. The summed E-state index contributed by atoms with van der Waals surface area (Å²) in [6.45, 7) is 0.366. The summed E-state index contributed by atoms with van der Waals surface area (Å²) in [6, 6.07) is 28.0. The molecule has 162 valence electrons. The molecule has 2 N–H and O–H groups in total. The molecule has 5 aromatic rings. The Morgan fingerprint density at radius 3 is 2.39 bits per heavy atom. The number of carbonyl (C=O) groups is 1. The highest BCUT2D eigenvalue weighted by Gasteiger charge is 2.11. The number of benzene rings is 4. The van der Waals surface area contributed by atoms with Gasteiger partial charge in [-0.2, -0.15) is 4.68 Å². The maximum Gasteiger partial charge on any atom is 0.281 e. The molecule has 0 unspecified atom stereocenters. The van der Waals surface area contributed by atoms with Crippen LogP contribution < -0.4 is 15.7 Å². The number of nitrogens with one attached hydrogen (secondary N) is 2. The van der Waals surface area contributed by atoms with Gasteiger partial charge in [0.25, 0.3) is 11.5 Å². The molecule has 0 aliphatic heterocycles. The van der Waals surface area contributed by atoms with Crippen molar-refractivity contribution in [3.8, 4) is 5.75 Å². The molecule has 1 amide bonds. The van der Waals surface area contributed by atoms with E-state index in [0.29, 0.717) is 23.1 Å². The molecule has 0 atom stereocenters. The maximum atomic E-state index is 12.7. The lowest BCUT2D eigenvalue weighted by atomic mass is 10.1. The molecule has 0 bridgehead atoms. The van der Waals surface area contributed by atoms with Crippen LogP contribution in [0.1, 0.15) is 15.9 Å². The lowest BCUT2D eigenvalue weighted by Gasteiger charge is -2.11. The van der Waals surface area contributed by atoms with Crippen molar-refractivity contribution in [3.63, 3.8) is 0 Å². The standard InChI is InChI=1S/C26H19N3O3S/c30-24(28-29-25(31)21-9-3-4-10-22(21)27-26(29)33)19-14-12-17(13-15-19)16-32-23-11-5-7-18-6-1-2-8-20(18)23/h1-15H,16H2,(H,27,33)(H,28,30). The number of aromatic amines is 1. The number of aromatic nitrogens is 2. The Bertz CT molecular complexity index is 1600. The summed E-state index contributed by atoms with van der Waals surface area (Å²) in [5, 5.41) is 2.60. The quantitative estimate of drug-likeness (QED) is 0.360. The molecule has 1 aromatic heterocycles. The zero-order valence-corrected chi connectivity index (χ0v) is 18.3. The second-order valence-corrected chi connectivity index (χ2v) is 7.91. The summed E-state index contributed by atoms with van der Waals surface area (Å²) in [5.41, 5.74) is 4.13. The van der Waals surface area contributed by atoms with Gasteiger partial charge in [-0.1, -0.05) is 60.7 Å². The van der Waals surface area contributed by atoms with Crippen molar-refractivity contribution in [2.45, 2.75) is 6.61 Å². The van der Waals surface area contributed by atoms with E-state index in [9.17, 15) is 9.59 Å². The number of carbonyl (C=O) groups excluding carboxylic acids is 1. The van der Waals surface area contributed by atoms with Gasteiger partial charge in [0.05, 0.1) is 10.9 Å². The molecule has 0 radical (unpaired) electrons. The summed E-state index contributed by atoms with van der Waals surface area (Å²) >= 11 is 5.25. The van der Waals surface area contributed by atoms with E-state index in [1.165, 1.54) is 0 Å². The number of amides is 1. The maximum absolute atomic E-state index is 12.7. The van der Waals surface area contributed by atoms with Gasteiger partial charge in [0, 0.05) is 10.9 Å². The first-order valence-corrected chi connectivity index (χ1v) is 10.8. The molecule has 0 spiro atoms. The molecule has 0 saturated carbocycles. The van der Waals surface area contributed by atoms with Gasteiger partial charge in [0.1, 0.15) is 12.4 Å². The number of fused-ring (bicyclic) bond motifs is 2. The first-order valence-electron chi connectivity index (χ1n) is 10.3. The normalized spacial score (nSPS) is 10.9. The molecule has 6 nitrogen and oxygen atoms in total. The molecule has 0 fully saturated rings. The minimum absolute atomic E-state index is 0.118. The topological polar surface area (TPSA) is 76.1 Å². The monoisotopic (exact) mass is 453 g/mol. The predicted molar refractivity (Wildman–Crippen MR) is 132 cm³/mol. The summed E-state index contributed by atoms with van der Waals surface area (Å²) < 4.78 is 7.18. The molecular weight excluding hydrogens is 434 g/mol. The van der Waals surface area contributed by atoms with Crippen molar-refractivity contribution in [2.24, 2.45) is 0 Å². The van der Waals surface area contributed by atoms with Crippen molar-refractivity contribution in [1.29, 1.82) is 0 Å². The van der Waals surface area contributed by atoms with Gasteiger partial charge in [-0.25, -0.2) is 0 Å². The van der Waals surface area contributed by atoms with Crippen LogP contribution in [0.3, 0.4) is 0 Å². The number of hydrogen-bond donors (Lipinski definition) is 2. The highest BCUT2D eigenvalue weighted by atomic mass is 32.1. The molecule has 1 heterocycles. The highest BCUT2D eigenvalue weighted by molar-refractivity contribution is 7.71. The lowest BCUT2D eigenvalue weighted by Crippen LogP contribution is -2.34. The molecule has 4 aromatic carbocycles. The second-order valence-electron chi connectivity index (χ2n) is 7.52. The van der Waals surface area contributed by atoms with Crippen molar-refractivity contribution in [1.82, 2.24) is 9.66 Å². The predicted octanol–water partition coefficient (Wildman–Crippen LogP) is 5.18. The van der Waals surface area contributed by atoms with E-state index in [2.05, 4.69) is 10.4 Å². The Kier molecular flexibility index (Phi) is 5.46. The zero-order chi connectivity index (χ0) is 22.8. The second kappa shape index (κ2) is 8.72. The van der Waals surface area contributed by atoms with Crippen LogP contribution in [0.4, 0.5) is 0 Å². The first-order chi connectivity index (χ1) is 16.1. The van der Waals surface area contributed by atoms with Crippen molar-refractivity contribution >= 4 is 39.8 Å². The number of H-pyrrole nitrogens is 1. The Labute approximate surface area is 194 Å². The molecule has 5 rings (SSSR count). The van der Waals surface area contributed by atoms with Gasteiger partial charge >= 0.3 is 0 Å². The summed E-state index contributed by atoms with van der Waals surface area (Å²) in [6.07, 6.45) is 0. The number of para-hydroxylation sites is 1. The minimum Gasteiger partial charge on any atom is -0.488 e. The summed E-state index contributed by atoms with van der Waals surface area (Å²) in [7, 11) is 0. The van der Waals surface area contributed by atoms with Crippen LogP contribution in [0.25, 0.3) is 21.7 Å². The van der Waals surface area contributed by atoms with E-state index in [0.717, 1.165) is 26.8 Å². The van der Waals surface area contributed by atoms with Gasteiger partial charge in [-0.15, -0.1) is 0 Å². The van der Waals surface area contributed by atoms with Gasteiger partial charge in [-0.3, -0.25) is 15.0 Å². The number of rotatable bonds is 5. The van der Waals surface area contributed by atoms with E-state index >= 15 is 0 Å². The van der Waals surface area contributed by atoms with Gasteiger partial charge < -0.3 is 9.72 Å². The Morgan fingerprint density at radius 2 is 1.58 bits per heavy atom. The zero-order valence-electron chi connectivity index (χ0n) is 17.4. The number of ether oxygens (including phenoxy) is 1. The SMILES string of the molecule is O=C(Nn1c(=S)[nH]c2ccccc2c1=O)c1ccc(COc2cccc3ccccc23)cc1. The number of nitrogens with zero attached hydrogens (tertiary/aromatic N) is 1. The summed E-state index contributed by atoms with van der Waals surface area (Å²) in [4.78, 5) is 28.4. The van der Waals surface area contributed by atoms with Crippen molar-refractivity contribution < 1.29 is 9.53 Å². The third-order valence-corrected chi connectivity index (χ3v) is 5.66. The van der Waals surface area contributed by atoms with E-state index in [1.807, 2.05) is 60.7 Å². The Morgan fingerprint density at radius 1 is 0.879 bits per heavy atom. The van der Waals surface area contributed by atoms with Crippen LogP contribution >= 0.6 is 12.2 Å². The van der Waals surface area contributed by atoms with Crippen LogP contribution in [0.2, 0.25) is 0 Å². The van der Waals surface area contributed by atoms with E-state index in [4.69, 9.17) is 17.0 Å². The fraction of sp³-hybridized carbons (Fsp3) is 0.0385. The van der Waals surface area contributed by atoms with E-state index in [1.54, 1.807) is 30.3 Å². The fourth-order valence-corrected chi connectivity index (χ4v) is 3.90. The molecule has 7 heteroatoms. The third kappa shape index (κ3) is 4.14. The average Bonchev–Trinajstić information content (AvgIpc) is 2.85. The van der Waals surface area contributed by atoms with Crippen LogP contribution in [0.5, 0.6) is 5.75 Å². The fourth-order valence-electron chi connectivity index (χ4n) is 3.67. The third-order valence-electron chi connectivity index (χ3n) is 5.38. The minimum atomic E-state index is -0.437. The summed E-state index contributed by atoms with van der Waals surface area (Å²) in [5.74, 6) is 0.369. The van der Waals surface area contributed by atoms with Crippen LogP contribution in [-0.2, 0) is 6.61 Å². The molecule has 0 saturated heterocycles. The molecule has 33 heavy (non-hydrogen) atoms. The molecular formula is C26H19N3O3S. The van der Waals surface area contributed by atoms with Gasteiger partial charge in [-0.05, 0) is 53.5 Å².